The molecule has 1 aliphatic carbocycles. The van der Waals surface area contributed by atoms with E-state index in [0.29, 0.717) is 16.1 Å². The molecule has 0 radical (unpaired) electrons. The van der Waals surface area contributed by atoms with Crippen LogP contribution in [0.2, 0.25) is 10.0 Å². The van der Waals surface area contributed by atoms with E-state index in [0.717, 1.165) is 18.0 Å². The smallest absolute Gasteiger partial charge is 0.0424 e. The Balaban J connectivity index is 1.88. The van der Waals surface area contributed by atoms with E-state index in [4.69, 9.17) is 23.2 Å². The minimum atomic E-state index is 0.579. The first kappa shape index (κ1) is 13.2. The van der Waals surface area contributed by atoms with E-state index >= 15 is 0 Å². The maximum absolute atomic E-state index is 5.98. The van der Waals surface area contributed by atoms with Gasteiger partial charge in [0, 0.05) is 22.6 Å². The van der Waals surface area contributed by atoms with Gasteiger partial charge in [-0.15, -0.1) is 0 Å². The molecule has 1 unspecified atom stereocenters. The number of nitrogens with one attached hydrogen (secondary N) is 1. The average Bonchev–Trinajstić information content (AvgIpc) is 2.78. The first-order valence-electron chi connectivity index (χ1n) is 6.33. The van der Waals surface area contributed by atoms with E-state index in [1.54, 1.807) is 6.07 Å². The summed E-state index contributed by atoms with van der Waals surface area (Å²) < 4.78 is 0. The highest BCUT2D eigenvalue weighted by molar-refractivity contribution is 6.34. The predicted molar refractivity (Wildman–Crippen MR) is 74.7 cm³/mol. The van der Waals surface area contributed by atoms with Gasteiger partial charge in [0.05, 0.1) is 0 Å². The Bertz CT molecular complexity index is 352. The predicted octanol–water partition coefficient (Wildman–Crippen LogP) is 4.66. The zero-order chi connectivity index (χ0) is 12.3. The molecule has 1 saturated carbocycles. The molecule has 1 fully saturated rings. The van der Waals surface area contributed by atoms with Gasteiger partial charge >= 0.3 is 0 Å². The molecule has 0 heterocycles. The normalized spacial score (nSPS) is 18.5. The Labute approximate surface area is 114 Å². The SMILES string of the molecule is CC(NCc1cc(Cl)cc(Cl)c1)C1CCCC1. The maximum atomic E-state index is 5.98. The largest absolute Gasteiger partial charge is 0.310 e. The van der Waals surface area contributed by atoms with Crippen molar-refractivity contribution in [3.05, 3.63) is 33.8 Å². The lowest BCUT2D eigenvalue weighted by Crippen LogP contribution is -2.31. The number of halogens is 2. The molecule has 0 saturated heterocycles. The monoisotopic (exact) mass is 271 g/mol. The van der Waals surface area contributed by atoms with Gasteiger partial charge in [0.1, 0.15) is 0 Å². The molecule has 1 N–H and O–H groups in total. The molecule has 0 spiro atoms. The molecule has 0 aliphatic heterocycles. The van der Waals surface area contributed by atoms with Crippen molar-refractivity contribution < 1.29 is 0 Å². The molecular weight excluding hydrogens is 253 g/mol. The molecule has 94 valence electrons. The molecule has 0 bridgehead atoms. The van der Waals surface area contributed by atoms with E-state index in [1.165, 1.54) is 25.7 Å². The summed E-state index contributed by atoms with van der Waals surface area (Å²) in [5.41, 5.74) is 1.16. The molecule has 1 aliphatic rings. The summed E-state index contributed by atoms with van der Waals surface area (Å²) in [5.74, 6) is 0.838. The van der Waals surface area contributed by atoms with Crippen molar-refractivity contribution in [3.63, 3.8) is 0 Å². The van der Waals surface area contributed by atoms with Gasteiger partial charge in [-0.3, -0.25) is 0 Å². The van der Waals surface area contributed by atoms with Gasteiger partial charge in [0.25, 0.3) is 0 Å². The van der Waals surface area contributed by atoms with Gasteiger partial charge in [0.15, 0.2) is 0 Å². The van der Waals surface area contributed by atoms with E-state index in [1.807, 2.05) is 12.1 Å². The van der Waals surface area contributed by atoms with Crippen molar-refractivity contribution >= 4 is 23.2 Å². The minimum Gasteiger partial charge on any atom is -0.310 e. The minimum absolute atomic E-state index is 0.579. The van der Waals surface area contributed by atoms with Gasteiger partial charge in [-0.05, 0) is 49.4 Å². The van der Waals surface area contributed by atoms with Crippen LogP contribution in [0.5, 0.6) is 0 Å². The molecule has 3 heteroatoms. The highest BCUT2D eigenvalue weighted by Gasteiger charge is 2.20. The van der Waals surface area contributed by atoms with Gasteiger partial charge in [-0.25, -0.2) is 0 Å². The second-order valence-corrected chi connectivity index (χ2v) is 5.86. The first-order chi connectivity index (χ1) is 8.15. The summed E-state index contributed by atoms with van der Waals surface area (Å²) in [7, 11) is 0. The summed E-state index contributed by atoms with van der Waals surface area (Å²) in [5, 5.41) is 5.00. The molecule has 0 amide bonds. The van der Waals surface area contributed by atoms with E-state index in [2.05, 4.69) is 12.2 Å². The third kappa shape index (κ3) is 3.87. The fourth-order valence-corrected chi connectivity index (χ4v) is 3.19. The van der Waals surface area contributed by atoms with E-state index in [-0.39, 0.29) is 0 Å². The molecule has 1 aromatic rings. The summed E-state index contributed by atoms with van der Waals surface area (Å²) >= 11 is 12.0. The zero-order valence-electron chi connectivity index (χ0n) is 10.2. The summed E-state index contributed by atoms with van der Waals surface area (Å²) in [6.07, 6.45) is 5.51. The van der Waals surface area contributed by atoms with E-state index < -0.39 is 0 Å². The molecule has 0 aromatic heterocycles. The Morgan fingerprint density at radius 2 is 1.76 bits per heavy atom. The second-order valence-electron chi connectivity index (χ2n) is 4.99. The molecular formula is C14H19Cl2N. The third-order valence-corrected chi connectivity index (χ3v) is 4.09. The highest BCUT2D eigenvalue weighted by Crippen LogP contribution is 2.27. The van der Waals surface area contributed by atoms with Crippen molar-refractivity contribution in [2.45, 2.75) is 45.2 Å². The highest BCUT2D eigenvalue weighted by atomic mass is 35.5. The Morgan fingerprint density at radius 1 is 1.18 bits per heavy atom. The van der Waals surface area contributed by atoms with Gasteiger partial charge < -0.3 is 5.32 Å². The summed E-state index contributed by atoms with van der Waals surface area (Å²) in [4.78, 5) is 0. The van der Waals surface area contributed by atoms with Crippen LogP contribution in [0.1, 0.15) is 38.2 Å². The summed E-state index contributed by atoms with van der Waals surface area (Å²) in [6, 6.07) is 6.30. The van der Waals surface area contributed by atoms with Gasteiger partial charge in [-0.2, -0.15) is 0 Å². The van der Waals surface area contributed by atoms with Crippen LogP contribution in [0, 0.1) is 5.92 Å². The average molecular weight is 272 g/mol. The van der Waals surface area contributed by atoms with Crippen molar-refractivity contribution in [3.8, 4) is 0 Å². The number of hydrogen-bond donors (Lipinski definition) is 1. The van der Waals surface area contributed by atoms with E-state index in [9.17, 15) is 0 Å². The Hall–Kier alpha value is -0.240. The second kappa shape index (κ2) is 6.08. The van der Waals surface area contributed by atoms with Crippen molar-refractivity contribution in [1.29, 1.82) is 0 Å². The van der Waals surface area contributed by atoms with Crippen LogP contribution in [-0.2, 0) is 6.54 Å². The van der Waals surface area contributed by atoms with Crippen molar-refractivity contribution in [1.82, 2.24) is 5.32 Å². The fraction of sp³-hybridized carbons (Fsp3) is 0.571. The van der Waals surface area contributed by atoms with Crippen molar-refractivity contribution in [2.24, 2.45) is 5.92 Å². The fourth-order valence-electron chi connectivity index (χ4n) is 2.62. The lowest BCUT2D eigenvalue weighted by Gasteiger charge is -2.20. The molecule has 1 atom stereocenters. The van der Waals surface area contributed by atoms with Gasteiger partial charge in [-0.1, -0.05) is 36.0 Å². The van der Waals surface area contributed by atoms with Crippen LogP contribution < -0.4 is 5.32 Å². The zero-order valence-corrected chi connectivity index (χ0v) is 11.7. The summed E-state index contributed by atoms with van der Waals surface area (Å²) in [6.45, 7) is 3.13. The lowest BCUT2D eigenvalue weighted by atomic mass is 9.99. The quantitative estimate of drug-likeness (QED) is 0.840. The van der Waals surface area contributed by atoms with Gasteiger partial charge in [0.2, 0.25) is 0 Å². The van der Waals surface area contributed by atoms with Crippen molar-refractivity contribution in [2.75, 3.05) is 0 Å². The number of benzene rings is 1. The van der Waals surface area contributed by atoms with Crippen LogP contribution in [0.3, 0.4) is 0 Å². The Kier molecular flexibility index (Phi) is 4.72. The van der Waals surface area contributed by atoms with Crippen LogP contribution in [0.15, 0.2) is 18.2 Å². The third-order valence-electron chi connectivity index (χ3n) is 3.66. The van der Waals surface area contributed by atoms with Crippen LogP contribution in [0.4, 0.5) is 0 Å². The molecule has 17 heavy (non-hydrogen) atoms. The Morgan fingerprint density at radius 3 is 2.35 bits per heavy atom. The first-order valence-corrected chi connectivity index (χ1v) is 7.09. The molecule has 1 aromatic carbocycles. The number of rotatable bonds is 4. The molecule has 1 nitrogen and oxygen atoms in total. The van der Waals surface area contributed by atoms with Crippen LogP contribution in [0.25, 0.3) is 0 Å². The van der Waals surface area contributed by atoms with Crippen LogP contribution >= 0.6 is 23.2 Å². The standard InChI is InChI=1S/C14H19Cl2N/c1-10(12-4-2-3-5-12)17-9-11-6-13(15)8-14(16)7-11/h6-8,10,12,17H,2-5,9H2,1H3. The topological polar surface area (TPSA) is 12.0 Å². The number of hydrogen-bond acceptors (Lipinski definition) is 1. The molecule has 2 rings (SSSR count). The lowest BCUT2D eigenvalue weighted by molar-refractivity contribution is 0.380. The maximum Gasteiger partial charge on any atom is 0.0424 e. The van der Waals surface area contributed by atoms with Crippen LogP contribution in [-0.4, -0.2) is 6.04 Å².